The highest BCUT2D eigenvalue weighted by molar-refractivity contribution is 5.38. The van der Waals surface area contributed by atoms with Gasteiger partial charge in [-0.05, 0) is 0 Å². The highest BCUT2D eigenvalue weighted by Gasteiger charge is 2.28. The lowest BCUT2D eigenvalue weighted by Gasteiger charge is -2.09. The maximum atomic E-state index is 12.1. The van der Waals surface area contributed by atoms with E-state index in [2.05, 4.69) is 25.2 Å². The Morgan fingerprint density at radius 2 is 2.14 bits per heavy atom. The lowest BCUT2D eigenvalue weighted by atomic mass is 10.2. The fraction of sp³-hybridized carbons (Fsp3) is 0.417. The maximum absolute atomic E-state index is 12.1. The molecule has 0 fully saturated rings. The van der Waals surface area contributed by atoms with Gasteiger partial charge >= 0.3 is 6.18 Å². The molecule has 120 valence electrons. The van der Waals surface area contributed by atoms with E-state index in [1.54, 1.807) is 0 Å². The minimum absolute atomic E-state index is 0.169. The van der Waals surface area contributed by atoms with Gasteiger partial charge in [-0.3, -0.25) is 0 Å². The fourth-order valence-electron chi connectivity index (χ4n) is 1.54. The number of rotatable bonds is 7. The van der Waals surface area contributed by atoms with Crippen molar-refractivity contribution in [2.75, 3.05) is 19.0 Å². The summed E-state index contributed by atoms with van der Waals surface area (Å²) in [6.45, 7) is -0.803. The van der Waals surface area contributed by atoms with E-state index in [1.807, 2.05) is 0 Å². The van der Waals surface area contributed by atoms with Gasteiger partial charge in [-0.25, -0.2) is 9.97 Å². The fourth-order valence-corrected chi connectivity index (χ4v) is 1.54. The molecule has 2 aromatic heterocycles. The quantitative estimate of drug-likeness (QED) is 0.837. The van der Waals surface area contributed by atoms with E-state index in [-0.39, 0.29) is 12.5 Å². The highest BCUT2D eigenvalue weighted by atomic mass is 19.4. The van der Waals surface area contributed by atoms with Gasteiger partial charge in [-0.2, -0.15) is 13.2 Å². The molecule has 0 saturated heterocycles. The van der Waals surface area contributed by atoms with Crippen LogP contribution in [0, 0.1) is 0 Å². The molecule has 2 heterocycles. The molecule has 2 aromatic rings. The van der Waals surface area contributed by atoms with Crippen LogP contribution in [0.25, 0.3) is 0 Å². The summed E-state index contributed by atoms with van der Waals surface area (Å²) in [4.78, 5) is 7.50. The third kappa shape index (κ3) is 4.88. The molecular formula is C12H13F3N4O3. The Labute approximate surface area is 123 Å². The summed E-state index contributed by atoms with van der Waals surface area (Å²) < 4.78 is 50.6. The van der Waals surface area contributed by atoms with Crippen LogP contribution in [0.3, 0.4) is 0 Å². The number of anilines is 1. The summed E-state index contributed by atoms with van der Waals surface area (Å²) in [5.41, 5.74) is 1.37. The normalized spacial score (nSPS) is 11.5. The number of nitrogens with zero attached hydrogens (tertiary/aromatic N) is 3. The second-order valence-corrected chi connectivity index (χ2v) is 4.22. The second kappa shape index (κ2) is 7.07. The van der Waals surface area contributed by atoms with E-state index in [9.17, 15) is 13.2 Å². The molecule has 1 N–H and O–H groups in total. The van der Waals surface area contributed by atoms with E-state index in [1.165, 1.54) is 19.4 Å². The molecule has 0 unspecified atom stereocenters. The zero-order valence-corrected chi connectivity index (χ0v) is 11.6. The number of alkyl halides is 3. The molecule has 0 radical (unpaired) electrons. The van der Waals surface area contributed by atoms with Crippen molar-refractivity contribution < 1.29 is 27.2 Å². The predicted octanol–water partition coefficient (Wildman–Crippen LogP) is 2.16. The molecule has 0 aromatic carbocycles. The summed E-state index contributed by atoms with van der Waals surface area (Å²) in [6.07, 6.45) is -1.86. The number of hydrogen-bond donors (Lipinski definition) is 1. The molecule has 0 amide bonds. The van der Waals surface area contributed by atoms with Gasteiger partial charge in [-0.1, -0.05) is 5.16 Å². The Hall–Kier alpha value is -2.36. The van der Waals surface area contributed by atoms with Crippen LogP contribution >= 0.6 is 0 Å². The zero-order valence-electron chi connectivity index (χ0n) is 11.6. The van der Waals surface area contributed by atoms with Gasteiger partial charge in [0.2, 0.25) is 5.88 Å². The van der Waals surface area contributed by atoms with E-state index < -0.39 is 12.8 Å². The molecule has 0 bridgehead atoms. The van der Waals surface area contributed by atoms with Crippen LogP contribution in [0.5, 0.6) is 5.88 Å². The molecule has 0 saturated carbocycles. The van der Waals surface area contributed by atoms with Gasteiger partial charge in [-0.15, -0.1) is 0 Å². The highest BCUT2D eigenvalue weighted by Crippen LogP contribution is 2.18. The van der Waals surface area contributed by atoms with Crippen LogP contribution in [-0.2, 0) is 17.9 Å². The van der Waals surface area contributed by atoms with E-state index in [4.69, 9.17) is 9.26 Å². The first-order valence-corrected chi connectivity index (χ1v) is 6.14. The van der Waals surface area contributed by atoms with Crippen molar-refractivity contribution in [1.29, 1.82) is 0 Å². The van der Waals surface area contributed by atoms with Gasteiger partial charge < -0.3 is 19.3 Å². The third-order valence-corrected chi connectivity index (χ3v) is 2.50. The first-order valence-electron chi connectivity index (χ1n) is 6.14. The van der Waals surface area contributed by atoms with Gasteiger partial charge in [0.1, 0.15) is 24.1 Å². The number of ether oxygens (including phenoxy) is 2. The monoisotopic (exact) mass is 318 g/mol. The maximum Gasteiger partial charge on any atom is 0.422 e. The SMILES string of the molecule is COCc1nocc1CNc1cc(OCC(F)(F)F)ncn1. The van der Waals surface area contributed by atoms with Crippen LogP contribution in [0.15, 0.2) is 23.2 Å². The smallest absolute Gasteiger partial charge is 0.422 e. The van der Waals surface area contributed by atoms with Crippen LogP contribution in [0.1, 0.15) is 11.3 Å². The number of hydrogen-bond acceptors (Lipinski definition) is 7. The number of aromatic nitrogens is 3. The van der Waals surface area contributed by atoms with Crippen LogP contribution in [-0.4, -0.2) is 35.0 Å². The van der Waals surface area contributed by atoms with E-state index >= 15 is 0 Å². The average Bonchev–Trinajstić information content (AvgIpc) is 2.91. The summed E-state index contributed by atoms with van der Waals surface area (Å²) in [5, 5.41) is 6.69. The molecule has 0 atom stereocenters. The molecule has 7 nitrogen and oxygen atoms in total. The molecule has 10 heteroatoms. The lowest BCUT2D eigenvalue weighted by molar-refractivity contribution is -0.154. The van der Waals surface area contributed by atoms with Gasteiger partial charge in [0, 0.05) is 25.3 Å². The van der Waals surface area contributed by atoms with Crippen molar-refractivity contribution in [1.82, 2.24) is 15.1 Å². The Bertz CT molecular complexity index is 603. The topological polar surface area (TPSA) is 82.3 Å². The molecule has 0 aliphatic carbocycles. The second-order valence-electron chi connectivity index (χ2n) is 4.22. The Kier molecular flexibility index (Phi) is 5.15. The summed E-state index contributed by atoms with van der Waals surface area (Å²) >= 11 is 0. The van der Waals surface area contributed by atoms with E-state index in [0.717, 1.165) is 11.9 Å². The summed E-state index contributed by atoms with van der Waals surface area (Å²) in [5.74, 6) is 0.147. The van der Waals surface area contributed by atoms with Crippen molar-refractivity contribution in [3.8, 4) is 5.88 Å². The third-order valence-electron chi connectivity index (χ3n) is 2.50. The average molecular weight is 318 g/mol. The summed E-state index contributed by atoms with van der Waals surface area (Å²) in [7, 11) is 1.53. The number of methoxy groups -OCH3 is 1. The Morgan fingerprint density at radius 3 is 2.86 bits per heavy atom. The molecule has 2 rings (SSSR count). The standard InChI is InChI=1S/C12H13F3N4O3/c1-20-5-9-8(4-22-19-9)3-16-10-2-11(18-7-17-10)21-6-12(13,14)15/h2,4,7H,3,5-6H2,1H3,(H,16,17,18). The predicted molar refractivity (Wildman–Crippen MR) is 68.1 cm³/mol. The van der Waals surface area contributed by atoms with Gasteiger partial charge in [0.15, 0.2) is 6.61 Å². The van der Waals surface area contributed by atoms with Gasteiger partial charge in [0.25, 0.3) is 0 Å². The van der Waals surface area contributed by atoms with Gasteiger partial charge in [0.05, 0.1) is 6.61 Å². The van der Waals surface area contributed by atoms with Crippen molar-refractivity contribution in [3.63, 3.8) is 0 Å². The minimum atomic E-state index is -4.42. The molecule has 22 heavy (non-hydrogen) atoms. The molecular weight excluding hydrogens is 305 g/mol. The van der Waals surface area contributed by atoms with E-state index in [0.29, 0.717) is 18.1 Å². The first-order chi connectivity index (χ1) is 10.5. The zero-order chi connectivity index (χ0) is 16.0. The number of nitrogens with one attached hydrogen (secondary N) is 1. The molecule has 0 aliphatic rings. The van der Waals surface area contributed by atoms with Crippen molar-refractivity contribution >= 4 is 5.82 Å². The van der Waals surface area contributed by atoms with Crippen LogP contribution in [0.4, 0.5) is 19.0 Å². The lowest BCUT2D eigenvalue weighted by Crippen LogP contribution is -2.19. The first kappa shape index (κ1) is 16.0. The Morgan fingerprint density at radius 1 is 1.32 bits per heavy atom. The van der Waals surface area contributed by atoms with Crippen molar-refractivity contribution in [2.45, 2.75) is 19.3 Å². The largest absolute Gasteiger partial charge is 0.468 e. The number of halogens is 3. The molecule has 0 spiro atoms. The van der Waals surface area contributed by atoms with Crippen molar-refractivity contribution in [3.05, 3.63) is 29.9 Å². The summed E-state index contributed by atoms with van der Waals surface area (Å²) in [6, 6.07) is 1.27. The van der Waals surface area contributed by atoms with Crippen molar-refractivity contribution in [2.24, 2.45) is 0 Å². The van der Waals surface area contributed by atoms with Crippen LogP contribution in [0.2, 0.25) is 0 Å². The van der Waals surface area contributed by atoms with Crippen LogP contribution < -0.4 is 10.1 Å². The Balaban J connectivity index is 1.94. The minimum Gasteiger partial charge on any atom is -0.468 e. The molecule has 0 aliphatic heterocycles.